The van der Waals surface area contributed by atoms with Gasteiger partial charge in [0.2, 0.25) is 0 Å². The third-order valence-electron chi connectivity index (χ3n) is 2.42. The fourth-order valence-corrected chi connectivity index (χ4v) is 1.45. The number of hydrogen-bond donors (Lipinski definition) is 0. The molecule has 4 nitrogen and oxygen atoms in total. The molecule has 0 saturated heterocycles. The minimum atomic E-state index is -0.150. The lowest BCUT2D eigenvalue weighted by Gasteiger charge is -2.18. The molecule has 0 spiro atoms. The maximum Gasteiger partial charge on any atom is 0.305 e. The highest BCUT2D eigenvalue weighted by Gasteiger charge is 2.13. The quantitative estimate of drug-likeness (QED) is 0.581. The average molecular weight is 218 g/mol. The number of methoxy groups -OCH3 is 3. The van der Waals surface area contributed by atoms with Crippen LogP contribution in [0.15, 0.2) is 0 Å². The second kappa shape index (κ2) is 8.68. The van der Waals surface area contributed by atoms with E-state index in [2.05, 4.69) is 11.7 Å². The molecule has 0 aromatic heterocycles. The minimum absolute atomic E-state index is 0.114. The van der Waals surface area contributed by atoms with Gasteiger partial charge in [0.15, 0.2) is 0 Å². The van der Waals surface area contributed by atoms with E-state index in [1.807, 2.05) is 0 Å². The molecule has 0 aliphatic heterocycles. The molecule has 90 valence electrons. The normalized spacial score (nSPS) is 14.7. The van der Waals surface area contributed by atoms with Gasteiger partial charge in [-0.2, -0.15) is 0 Å². The maximum atomic E-state index is 10.9. The molecule has 2 unspecified atom stereocenters. The van der Waals surface area contributed by atoms with E-state index in [0.717, 1.165) is 12.8 Å². The number of rotatable bonds is 8. The summed E-state index contributed by atoms with van der Waals surface area (Å²) in [5, 5.41) is 0. The third-order valence-corrected chi connectivity index (χ3v) is 2.42. The predicted octanol–water partition coefficient (Wildman–Crippen LogP) is 1.63. The van der Waals surface area contributed by atoms with E-state index in [4.69, 9.17) is 9.47 Å². The van der Waals surface area contributed by atoms with Gasteiger partial charge < -0.3 is 14.2 Å². The van der Waals surface area contributed by atoms with Gasteiger partial charge in [-0.1, -0.05) is 6.92 Å². The lowest BCUT2D eigenvalue weighted by atomic mass is 9.98. The molecule has 0 radical (unpaired) electrons. The first-order valence-electron chi connectivity index (χ1n) is 5.22. The second-order valence-electron chi connectivity index (χ2n) is 3.77. The monoisotopic (exact) mass is 218 g/mol. The molecular formula is C11H22O4. The van der Waals surface area contributed by atoms with Crippen molar-refractivity contribution >= 4 is 5.97 Å². The van der Waals surface area contributed by atoms with Crippen LogP contribution in [-0.4, -0.2) is 40.0 Å². The third kappa shape index (κ3) is 7.33. The van der Waals surface area contributed by atoms with Gasteiger partial charge in [-0.25, -0.2) is 0 Å². The first-order valence-corrected chi connectivity index (χ1v) is 5.22. The van der Waals surface area contributed by atoms with Crippen LogP contribution in [0.2, 0.25) is 0 Å². The van der Waals surface area contributed by atoms with E-state index in [9.17, 15) is 4.79 Å². The van der Waals surface area contributed by atoms with E-state index in [1.54, 1.807) is 14.2 Å². The smallest absolute Gasteiger partial charge is 0.305 e. The summed E-state index contributed by atoms with van der Waals surface area (Å²) in [6.07, 6.45) is 2.32. The Hall–Kier alpha value is -0.610. The van der Waals surface area contributed by atoms with Crippen molar-refractivity contribution in [3.8, 4) is 0 Å². The van der Waals surface area contributed by atoms with Crippen LogP contribution in [0.25, 0.3) is 0 Å². The number of carbonyl (C=O) groups is 1. The Labute approximate surface area is 91.9 Å². The Bertz CT molecular complexity index is 170. The Morgan fingerprint density at radius 3 is 2.40 bits per heavy atom. The predicted molar refractivity (Wildman–Crippen MR) is 57.7 cm³/mol. The highest BCUT2D eigenvalue weighted by molar-refractivity contribution is 5.69. The van der Waals surface area contributed by atoms with E-state index >= 15 is 0 Å². The van der Waals surface area contributed by atoms with Crippen molar-refractivity contribution in [3.63, 3.8) is 0 Å². The fraction of sp³-hybridized carbons (Fsp3) is 0.909. The Morgan fingerprint density at radius 1 is 1.27 bits per heavy atom. The maximum absolute atomic E-state index is 10.9. The summed E-state index contributed by atoms with van der Waals surface area (Å²) in [7, 11) is 4.75. The Morgan fingerprint density at radius 2 is 1.93 bits per heavy atom. The van der Waals surface area contributed by atoms with Crippen molar-refractivity contribution in [2.45, 2.75) is 32.3 Å². The largest absolute Gasteiger partial charge is 0.469 e. The molecule has 15 heavy (non-hydrogen) atoms. The van der Waals surface area contributed by atoms with Crippen LogP contribution in [-0.2, 0) is 19.0 Å². The first kappa shape index (κ1) is 14.4. The minimum Gasteiger partial charge on any atom is -0.469 e. The molecule has 0 heterocycles. The van der Waals surface area contributed by atoms with Crippen molar-refractivity contribution in [1.29, 1.82) is 0 Å². The SMILES string of the molecule is COCC(CC(C)CCC(=O)OC)OC. The zero-order valence-corrected chi connectivity index (χ0v) is 10.1. The molecule has 2 atom stereocenters. The molecule has 0 fully saturated rings. The summed E-state index contributed by atoms with van der Waals surface area (Å²) < 4.78 is 14.9. The van der Waals surface area contributed by atoms with E-state index in [-0.39, 0.29) is 12.1 Å². The lowest BCUT2D eigenvalue weighted by molar-refractivity contribution is -0.141. The van der Waals surface area contributed by atoms with Crippen LogP contribution >= 0.6 is 0 Å². The average Bonchev–Trinajstić information content (AvgIpc) is 2.25. The highest BCUT2D eigenvalue weighted by atomic mass is 16.5. The second-order valence-corrected chi connectivity index (χ2v) is 3.77. The number of ether oxygens (including phenoxy) is 3. The number of hydrogen-bond acceptors (Lipinski definition) is 4. The topological polar surface area (TPSA) is 44.8 Å². The molecule has 0 rings (SSSR count). The molecule has 0 amide bonds. The molecule has 0 bridgehead atoms. The van der Waals surface area contributed by atoms with E-state index < -0.39 is 0 Å². The standard InChI is InChI=1S/C11H22O4/c1-9(5-6-11(12)15-4)7-10(14-3)8-13-2/h9-10H,5-8H2,1-4H3. The first-order chi connectivity index (χ1) is 7.13. The van der Waals surface area contributed by atoms with Crippen LogP contribution in [0.1, 0.15) is 26.2 Å². The molecular weight excluding hydrogens is 196 g/mol. The van der Waals surface area contributed by atoms with Crippen LogP contribution in [0.5, 0.6) is 0 Å². The number of carbonyl (C=O) groups excluding carboxylic acids is 1. The van der Waals surface area contributed by atoms with Crippen LogP contribution in [0, 0.1) is 5.92 Å². The van der Waals surface area contributed by atoms with Crippen molar-refractivity contribution in [3.05, 3.63) is 0 Å². The van der Waals surface area contributed by atoms with Gasteiger partial charge in [0.05, 0.1) is 19.8 Å². The summed E-state index contributed by atoms with van der Waals surface area (Å²) in [6, 6.07) is 0. The van der Waals surface area contributed by atoms with Crippen molar-refractivity contribution in [1.82, 2.24) is 0 Å². The highest BCUT2D eigenvalue weighted by Crippen LogP contribution is 2.15. The van der Waals surface area contributed by atoms with Crippen LogP contribution in [0.4, 0.5) is 0 Å². The van der Waals surface area contributed by atoms with Gasteiger partial charge in [0, 0.05) is 20.6 Å². The fourth-order valence-electron chi connectivity index (χ4n) is 1.45. The molecule has 0 aromatic carbocycles. The Balaban J connectivity index is 3.70. The summed E-state index contributed by atoms with van der Waals surface area (Å²) in [5.41, 5.74) is 0. The molecule has 0 aromatic rings. The van der Waals surface area contributed by atoms with Gasteiger partial charge in [-0.15, -0.1) is 0 Å². The van der Waals surface area contributed by atoms with Crippen molar-refractivity contribution in [2.24, 2.45) is 5.92 Å². The summed E-state index contributed by atoms with van der Waals surface area (Å²) >= 11 is 0. The molecule has 0 saturated carbocycles. The molecule has 0 N–H and O–H groups in total. The van der Waals surface area contributed by atoms with Gasteiger partial charge >= 0.3 is 5.97 Å². The van der Waals surface area contributed by atoms with E-state index in [1.165, 1.54) is 7.11 Å². The van der Waals surface area contributed by atoms with Gasteiger partial charge in [0.1, 0.15) is 0 Å². The van der Waals surface area contributed by atoms with Gasteiger partial charge in [0.25, 0.3) is 0 Å². The van der Waals surface area contributed by atoms with Gasteiger partial charge in [-0.3, -0.25) is 4.79 Å². The zero-order valence-electron chi connectivity index (χ0n) is 10.1. The summed E-state index contributed by atoms with van der Waals surface area (Å²) in [6.45, 7) is 2.70. The Kier molecular flexibility index (Phi) is 8.33. The number of esters is 1. The molecule has 4 heteroatoms. The van der Waals surface area contributed by atoms with E-state index in [0.29, 0.717) is 18.9 Å². The van der Waals surface area contributed by atoms with Gasteiger partial charge in [-0.05, 0) is 18.8 Å². The molecule has 0 aliphatic carbocycles. The summed E-state index contributed by atoms with van der Waals surface area (Å²) in [4.78, 5) is 10.9. The van der Waals surface area contributed by atoms with Crippen molar-refractivity contribution in [2.75, 3.05) is 27.9 Å². The van der Waals surface area contributed by atoms with Crippen molar-refractivity contribution < 1.29 is 19.0 Å². The van der Waals surface area contributed by atoms with Crippen LogP contribution in [0.3, 0.4) is 0 Å². The zero-order chi connectivity index (χ0) is 11.7. The molecule has 0 aliphatic rings. The summed E-state index contributed by atoms with van der Waals surface area (Å²) in [5.74, 6) is 0.284. The van der Waals surface area contributed by atoms with Crippen LogP contribution < -0.4 is 0 Å². The lowest BCUT2D eigenvalue weighted by Crippen LogP contribution is -2.20.